The van der Waals surface area contributed by atoms with Crippen LogP contribution in [0.15, 0.2) is 47.6 Å². The molecule has 1 saturated carbocycles. The average Bonchev–Trinajstić information content (AvgIpc) is 3.15. The number of hydrogen-bond acceptors (Lipinski definition) is 4. The highest BCUT2D eigenvalue weighted by molar-refractivity contribution is 8.15. The Kier molecular flexibility index (Phi) is 5.34. The zero-order valence-corrected chi connectivity index (χ0v) is 18.0. The number of benzene rings is 2. The molecule has 0 radical (unpaired) electrons. The Morgan fingerprint density at radius 2 is 1.90 bits per heavy atom. The molecule has 1 aliphatic heterocycles. The van der Waals surface area contributed by atoms with Gasteiger partial charge in [0.05, 0.1) is 0 Å². The van der Waals surface area contributed by atoms with Crippen molar-refractivity contribution < 1.29 is 13.6 Å². The average molecular weight is 442 g/mol. The fraction of sp³-hybridized carbons (Fsp3) is 0.417. The number of hydrogen-bond donors (Lipinski definition) is 1. The first-order chi connectivity index (χ1) is 15.0. The minimum absolute atomic E-state index is 0.0390. The Morgan fingerprint density at radius 3 is 2.71 bits per heavy atom. The Bertz CT molecular complexity index is 1050. The molecule has 1 fully saturated rings. The molecular formula is C24H25F2N3OS. The third-order valence-corrected chi connectivity index (χ3v) is 8.12. The molecule has 162 valence electrons. The third-order valence-electron chi connectivity index (χ3n) is 6.69. The Morgan fingerprint density at radius 1 is 1.13 bits per heavy atom. The topological polar surface area (TPSA) is 58.7 Å². The molecule has 2 aromatic carbocycles. The number of nitrogens with two attached hydrogens (primary N) is 1. The van der Waals surface area contributed by atoms with Gasteiger partial charge in [0.1, 0.15) is 21.5 Å². The monoisotopic (exact) mass is 441 g/mol. The van der Waals surface area contributed by atoms with Gasteiger partial charge in [-0.2, -0.15) is 5.10 Å². The van der Waals surface area contributed by atoms with E-state index < -0.39 is 16.5 Å². The summed E-state index contributed by atoms with van der Waals surface area (Å²) in [5.41, 5.74) is 8.38. The summed E-state index contributed by atoms with van der Waals surface area (Å²) >= 11 is 1.38. The zero-order valence-electron chi connectivity index (χ0n) is 17.2. The summed E-state index contributed by atoms with van der Waals surface area (Å²) in [6.45, 7) is 0. The first kappa shape index (κ1) is 20.6. The van der Waals surface area contributed by atoms with Crippen LogP contribution in [0.2, 0.25) is 0 Å². The van der Waals surface area contributed by atoms with E-state index in [9.17, 15) is 13.6 Å². The van der Waals surface area contributed by atoms with Crippen molar-refractivity contribution in [1.82, 2.24) is 5.01 Å². The van der Waals surface area contributed by atoms with Gasteiger partial charge in [-0.15, -0.1) is 0 Å². The molecule has 1 atom stereocenters. The van der Waals surface area contributed by atoms with Crippen molar-refractivity contribution in [2.24, 2.45) is 16.8 Å². The van der Waals surface area contributed by atoms with E-state index in [2.05, 4.69) is 11.2 Å². The van der Waals surface area contributed by atoms with Crippen LogP contribution >= 0.6 is 11.8 Å². The van der Waals surface area contributed by atoms with Crippen molar-refractivity contribution in [2.45, 2.75) is 55.9 Å². The lowest BCUT2D eigenvalue weighted by Crippen LogP contribution is -2.47. The van der Waals surface area contributed by atoms with Crippen LogP contribution in [0.1, 0.15) is 55.2 Å². The Hall–Kier alpha value is -2.25. The number of carbonyl (C=O) groups excluding carboxylic acids is 1. The lowest BCUT2D eigenvalue weighted by atomic mass is 9.83. The van der Waals surface area contributed by atoms with E-state index in [4.69, 9.17) is 5.73 Å². The number of nitrogens with zero attached hydrogens (tertiary/aromatic N) is 2. The molecule has 4 nitrogen and oxygen atoms in total. The van der Waals surface area contributed by atoms with Gasteiger partial charge in [0.25, 0.3) is 0 Å². The van der Waals surface area contributed by atoms with Crippen molar-refractivity contribution in [3.05, 3.63) is 70.8 Å². The van der Waals surface area contributed by atoms with E-state index in [1.165, 1.54) is 17.3 Å². The molecule has 1 heterocycles. The second kappa shape index (κ2) is 8.02. The van der Waals surface area contributed by atoms with Crippen LogP contribution in [-0.2, 0) is 16.1 Å². The molecule has 0 bridgehead atoms. The largest absolute Gasteiger partial charge is 0.328 e. The minimum Gasteiger partial charge on any atom is -0.328 e. The van der Waals surface area contributed by atoms with Gasteiger partial charge in [0.15, 0.2) is 0 Å². The molecule has 31 heavy (non-hydrogen) atoms. The number of amides is 1. The predicted octanol–water partition coefficient (Wildman–Crippen LogP) is 4.91. The van der Waals surface area contributed by atoms with E-state index >= 15 is 0 Å². The SMILES string of the molecule is NC1CCC(C(=O)N2N=C(c3cc(F)ccc3F)SC23CCCc2ccccc23)CC1. The van der Waals surface area contributed by atoms with Crippen molar-refractivity contribution in [1.29, 1.82) is 0 Å². The fourth-order valence-electron chi connectivity index (χ4n) is 5.03. The highest BCUT2D eigenvalue weighted by Crippen LogP contribution is 2.54. The number of aryl methyl sites for hydroxylation is 1. The molecule has 7 heteroatoms. The standard InChI is InChI=1S/C24H25F2N3OS/c25-17-9-12-21(26)19(14-17)22-28-29(23(30)16-7-10-18(27)11-8-16)24(31-22)13-3-5-15-4-1-2-6-20(15)24/h1-2,4,6,9,12,14,16,18H,3,5,7-8,10-11,13,27H2. The first-order valence-corrected chi connectivity index (χ1v) is 11.7. The Balaban J connectivity index is 1.59. The van der Waals surface area contributed by atoms with Gasteiger partial charge in [-0.05, 0) is 74.3 Å². The third kappa shape index (κ3) is 3.57. The van der Waals surface area contributed by atoms with E-state index in [1.807, 2.05) is 18.2 Å². The van der Waals surface area contributed by atoms with Crippen molar-refractivity contribution in [3.8, 4) is 0 Å². The highest BCUT2D eigenvalue weighted by Gasteiger charge is 2.52. The molecule has 0 saturated heterocycles. The highest BCUT2D eigenvalue weighted by atomic mass is 32.2. The normalized spacial score (nSPS) is 27.8. The summed E-state index contributed by atoms with van der Waals surface area (Å²) < 4.78 is 28.6. The number of fused-ring (bicyclic) bond motifs is 2. The molecule has 2 aromatic rings. The number of hydrazone groups is 1. The van der Waals surface area contributed by atoms with Crippen LogP contribution in [0, 0.1) is 17.6 Å². The second-order valence-electron chi connectivity index (χ2n) is 8.69. The van der Waals surface area contributed by atoms with Gasteiger partial charge < -0.3 is 5.73 Å². The van der Waals surface area contributed by atoms with E-state index in [0.717, 1.165) is 68.7 Å². The lowest BCUT2D eigenvalue weighted by Gasteiger charge is -2.41. The smallest absolute Gasteiger partial charge is 0.247 e. The van der Waals surface area contributed by atoms with Crippen LogP contribution in [0.3, 0.4) is 0 Å². The van der Waals surface area contributed by atoms with Crippen LogP contribution in [0.4, 0.5) is 8.78 Å². The summed E-state index contributed by atoms with van der Waals surface area (Å²) in [5, 5.41) is 6.61. The molecule has 1 amide bonds. The molecular weight excluding hydrogens is 416 g/mol. The number of rotatable bonds is 2. The first-order valence-electron chi connectivity index (χ1n) is 10.9. The number of halogens is 2. The van der Waals surface area contributed by atoms with Gasteiger partial charge in [0, 0.05) is 17.5 Å². The maximum Gasteiger partial charge on any atom is 0.247 e. The number of carbonyl (C=O) groups is 1. The molecule has 3 aliphatic rings. The van der Waals surface area contributed by atoms with E-state index in [1.54, 1.807) is 5.01 Å². The number of thioether (sulfide) groups is 1. The van der Waals surface area contributed by atoms with Gasteiger partial charge in [-0.3, -0.25) is 4.79 Å². The van der Waals surface area contributed by atoms with Crippen molar-refractivity contribution >= 4 is 22.7 Å². The van der Waals surface area contributed by atoms with Crippen molar-refractivity contribution in [2.75, 3.05) is 0 Å². The van der Waals surface area contributed by atoms with E-state index in [0.29, 0.717) is 5.04 Å². The molecule has 1 unspecified atom stereocenters. The van der Waals surface area contributed by atoms with Gasteiger partial charge in [0.2, 0.25) is 5.91 Å². The molecule has 2 aliphatic carbocycles. The van der Waals surface area contributed by atoms with Gasteiger partial charge >= 0.3 is 0 Å². The summed E-state index contributed by atoms with van der Waals surface area (Å²) in [6, 6.07) is 11.6. The fourth-order valence-corrected chi connectivity index (χ4v) is 6.51. The van der Waals surface area contributed by atoms with Crippen LogP contribution < -0.4 is 5.73 Å². The second-order valence-corrected chi connectivity index (χ2v) is 9.95. The zero-order chi connectivity index (χ0) is 21.6. The molecule has 5 rings (SSSR count). The molecule has 2 N–H and O–H groups in total. The quantitative estimate of drug-likeness (QED) is 0.721. The predicted molar refractivity (Wildman–Crippen MR) is 118 cm³/mol. The minimum atomic E-state index is -0.723. The van der Waals surface area contributed by atoms with Gasteiger partial charge in [-0.1, -0.05) is 36.0 Å². The maximum absolute atomic E-state index is 14.6. The Labute approximate surface area is 184 Å². The van der Waals surface area contributed by atoms with Gasteiger partial charge in [-0.25, -0.2) is 13.8 Å². The molecule has 0 aromatic heterocycles. The lowest BCUT2D eigenvalue weighted by molar-refractivity contribution is -0.140. The van der Waals surface area contributed by atoms with Crippen molar-refractivity contribution in [3.63, 3.8) is 0 Å². The van der Waals surface area contributed by atoms with Crippen LogP contribution in [-0.4, -0.2) is 22.0 Å². The maximum atomic E-state index is 14.6. The molecule has 1 spiro atoms. The summed E-state index contributed by atoms with van der Waals surface area (Å²) in [7, 11) is 0. The van der Waals surface area contributed by atoms with E-state index in [-0.39, 0.29) is 23.4 Å². The summed E-state index contributed by atoms with van der Waals surface area (Å²) in [5.74, 6) is -1.25. The van der Waals surface area contributed by atoms with Crippen LogP contribution in [0.25, 0.3) is 0 Å². The summed E-state index contributed by atoms with van der Waals surface area (Å²) in [6.07, 6.45) is 5.65. The van der Waals surface area contributed by atoms with Crippen LogP contribution in [0.5, 0.6) is 0 Å². The summed E-state index contributed by atoms with van der Waals surface area (Å²) in [4.78, 5) is 13.0.